The number of carbonyl (C=O) groups excluding carboxylic acids is 3. The minimum atomic E-state index is -1.28. The maximum atomic E-state index is 13.0. The fourth-order valence-electron chi connectivity index (χ4n) is 3.34. The number of pyridine rings is 1. The van der Waals surface area contributed by atoms with Crippen LogP contribution in [0.4, 0.5) is 10.6 Å². The summed E-state index contributed by atoms with van der Waals surface area (Å²) >= 11 is 0. The molecule has 1 fully saturated rings. The van der Waals surface area contributed by atoms with Crippen LogP contribution >= 0.6 is 0 Å². The summed E-state index contributed by atoms with van der Waals surface area (Å²) in [5.41, 5.74) is -0.658. The van der Waals surface area contributed by atoms with Gasteiger partial charge in [0.1, 0.15) is 12.1 Å². The zero-order valence-corrected chi connectivity index (χ0v) is 15.5. The maximum absolute atomic E-state index is 13.0. The number of fused-ring (bicyclic) bond motifs is 1. The Morgan fingerprint density at radius 1 is 1.14 bits per heavy atom. The standard InChI is InChI=1S/C21H18N4O4/c1-21(15-9-8-13-5-2-3-6-14(13)11-15)19(28)25(20(29)24-21)12-17(27)23-18-16(26)7-4-10-22-18/h2-11,26H,12H2,1H3,(H,24,29)(H,22,23,27)/t21-/m1/s1. The number of hydrogen-bond donors (Lipinski definition) is 3. The Morgan fingerprint density at radius 2 is 1.90 bits per heavy atom. The normalized spacial score (nSPS) is 18.7. The lowest BCUT2D eigenvalue weighted by molar-refractivity contribution is -0.133. The van der Waals surface area contributed by atoms with Crippen LogP contribution in [0.3, 0.4) is 0 Å². The number of anilines is 1. The van der Waals surface area contributed by atoms with Crippen LogP contribution in [0.25, 0.3) is 10.8 Å². The molecule has 4 rings (SSSR count). The number of amides is 4. The number of benzene rings is 2. The van der Waals surface area contributed by atoms with Crippen LogP contribution in [0.15, 0.2) is 60.8 Å². The summed E-state index contributed by atoms with van der Waals surface area (Å²) in [6, 6.07) is 15.4. The van der Waals surface area contributed by atoms with Gasteiger partial charge in [0, 0.05) is 6.20 Å². The van der Waals surface area contributed by atoms with Crippen molar-refractivity contribution in [2.45, 2.75) is 12.5 Å². The Morgan fingerprint density at radius 3 is 2.66 bits per heavy atom. The van der Waals surface area contributed by atoms with Gasteiger partial charge in [-0.3, -0.25) is 14.5 Å². The van der Waals surface area contributed by atoms with Gasteiger partial charge < -0.3 is 15.7 Å². The number of aromatic nitrogens is 1. The Balaban J connectivity index is 1.56. The smallest absolute Gasteiger partial charge is 0.325 e. The van der Waals surface area contributed by atoms with Gasteiger partial charge in [0.2, 0.25) is 5.91 Å². The molecule has 1 saturated heterocycles. The van der Waals surface area contributed by atoms with Gasteiger partial charge in [-0.25, -0.2) is 9.78 Å². The molecular formula is C21H18N4O4. The number of urea groups is 1. The first-order valence-electron chi connectivity index (χ1n) is 8.96. The van der Waals surface area contributed by atoms with Crippen molar-refractivity contribution in [1.82, 2.24) is 15.2 Å². The van der Waals surface area contributed by atoms with Crippen molar-refractivity contribution in [3.8, 4) is 5.75 Å². The highest BCUT2D eigenvalue weighted by molar-refractivity contribution is 6.10. The third-order valence-electron chi connectivity index (χ3n) is 4.95. The van der Waals surface area contributed by atoms with Gasteiger partial charge in [0.25, 0.3) is 5.91 Å². The van der Waals surface area contributed by atoms with E-state index in [1.165, 1.54) is 18.3 Å². The molecule has 0 spiro atoms. The molecule has 146 valence electrons. The van der Waals surface area contributed by atoms with E-state index in [1.807, 2.05) is 36.4 Å². The summed E-state index contributed by atoms with van der Waals surface area (Å²) in [6.45, 7) is 1.11. The van der Waals surface area contributed by atoms with Gasteiger partial charge in [0.15, 0.2) is 11.6 Å². The topological polar surface area (TPSA) is 112 Å². The van der Waals surface area contributed by atoms with Crippen molar-refractivity contribution in [2.75, 3.05) is 11.9 Å². The van der Waals surface area contributed by atoms with Crippen LogP contribution in [0.5, 0.6) is 5.75 Å². The average molecular weight is 390 g/mol. The molecule has 0 saturated carbocycles. The van der Waals surface area contributed by atoms with E-state index >= 15 is 0 Å². The van der Waals surface area contributed by atoms with Gasteiger partial charge in [-0.1, -0.05) is 36.4 Å². The largest absolute Gasteiger partial charge is 0.504 e. The molecule has 3 aromatic rings. The molecule has 8 nitrogen and oxygen atoms in total. The van der Waals surface area contributed by atoms with E-state index in [0.29, 0.717) is 5.56 Å². The van der Waals surface area contributed by atoms with Gasteiger partial charge in [0.05, 0.1) is 0 Å². The Labute approximate surface area is 166 Å². The molecule has 2 aromatic carbocycles. The fraction of sp³-hybridized carbons (Fsp3) is 0.143. The predicted molar refractivity (Wildman–Crippen MR) is 106 cm³/mol. The van der Waals surface area contributed by atoms with Crippen molar-refractivity contribution < 1.29 is 19.5 Å². The second-order valence-electron chi connectivity index (χ2n) is 6.93. The van der Waals surface area contributed by atoms with Crippen LogP contribution in [0, 0.1) is 0 Å². The van der Waals surface area contributed by atoms with Gasteiger partial charge in [-0.2, -0.15) is 0 Å². The first kappa shape index (κ1) is 18.4. The highest BCUT2D eigenvalue weighted by Gasteiger charge is 2.49. The molecule has 0 aliphatic carbocycles. The monoisotopic (exact) mass is 390 g/mol. The van der Waals surface area contributed by atoms with E-state index in [0.717, 1.165) is 15.7 Å². The van der Waals surface area contributed by atoms with E-state index in [-0.39, 0.29) is 11.6 Å². The molecular weight excluding hydrogens is 372 g/mol. The van der Waals surface area contributed by atoms with Crippen LogP contribution in [-0.4, -0.2) is 39.4 Å². The Kier molecular flexibility index (Phi) is 4.38. The first-order chi connectivity index (χ1) is 13.9. The lowest BCUT2D eigenvalue weighted by atomic mass is 9.90. The summed E-state index contributed by atoms with van der Waals surface area (Å²) in [5.74, 6) is -1.43. The van der Waals surface area contributed by atoms with Crippen LogP contribution in [0.1, 0.15) is 12.5 Å². The van der Waals surface area contributed by atoms with Crippen molar-refractivity contribution >= 4 is 34.4 Å². The number of imide groups is 1. The van der Waals surface area contributed by atoms with Gasteiger partial charge in [-0.15, -0.1) is 0 Å². The minimum Gasteiger partial charge on any atom is -0.504 e. The minimum absolute atomic E-state index is 0.0400. The lowest BCUT2D eigenvalue weighted by Gasteiger charge is -2.22. The molecule has 1 aromatic heterocycles. The van der Waals surface area contributed by atoms with Gasteiger partial charge in [-0.05, 0) is 41.5 Å². The molecule has 8 heteroatoms. The van der Waals surface area contributed by atoms with E-state index in [4.69, 9.17) is 0 Å². The highest BCUT2D eigenvalue weighted by atomic mass is 16.3. The van der Waals surface area contributed by atoms with Crippen molar-refractivity contribution in [3.05, 3.63) is 66.4 Å². The molecule has 0 radical (unpaired) electrons. The molecule has 29 heavy (non-hydrogen) atoms. The number of hydrogen-bond acceptors (Lipinski definition) is 5. The van der Waals surface area contributed by atoms with Crippen LogP contribution in [-0.2, 0) is 15.1 Å². The third-order valence-corrected chi connectivity index (χ3v) is 4.95. The fourth-order valence-corrected chi connectivity index (χ4v) is 3.34. The molecule has 1 aliphatic rings. The quantitative estimate of drug-likeness (QED) is 0.592. The second kappa shape index (κ2) is 6.90. The van der Waals surface area contributed by atoms with Crippen molar-refractivity contribution in [1.29, 1.82) is 0 Å². The second-order valence-corrected chi connectivity index (χ2v) is 6.93. The Bertz CT molecular complexity index is 1150. The highest BCUT2D eigenvalue weighted by Crippen LogP contribution is 2.31. The molecule has 1 atom stereocenters. The summed E-state index contributed by atoms with van der Waals surface area (Å²) in [6.07, 6.45) is 1.40. The first-order valence-corrected chi connectivity index (χ1v) is 8.96. The van der Waals surface area contributed by atoms with Crippen molar-refractivity contribution in [3.63, 3.8) is 0 Å². The zero-order valence-electron chi connectivity index (χ0n) is 15.5. The van der Waals surface area contributed by atoms with Crippen molar-refractivity contribution in [2.24, 2.45) is 0 Å². The SMILES string of the molecule is C[C@]1(c2ccc3ccccc3c2)NC(=O)N(CC(=O)Nc2ncccc2O)C1=O. The molecule has 1 aliphatic heterocycles. The average Bonchev–Trinajstić information content (AvgIpc) is 2.93. The van der Waals surface area contributed by atoms with E-state index in [1.54, 1.807) is 13.0 Å². The molecule has 2 heterocycles. The van der Waals surface area contributed by atoms with Crippen LogP contribution in [0.2, 0.25) is 0 Å². The summed E-state index contributed by atoms with van der Waals surface area (Å²) < 4.78 is 0. The predicted octanol–water partition coefficient (Wildman–Crippen LogP) is 2.35. The molecule has 3 N–H and O–H groups in total. The third kappa shape index (κ3) is 3.25. The summed E-state index contributed by atoms with van der Waals surface area (Å²) in [7, 11) is 0. The van der Waals surface area contributed by atoms with Crippen LogP contribution < -0.4 is 10.6 Å². The summed E-state index contributed by atoms with van der Waals surface area (Å²) in [5, 5.41) is 16.7. The Hall–Kier alpha value is -3.94. The maximum Gasteiger partial charge on any atom is 0.325 e. The molecule has 4 amide bonds. The number of nitrogens with zero attached hydrogens (tertiary/aromatic N) is 2. The molecule has 0 bridgehead atoms. The zero-order chi connectivity index (χ0) is 20.6. The number of rotatable bonds is 4. The van der Waals surface area contributed by atoms with E-state index in [9.17, 15) is 19.5 Å². The van der Waals surface area contributed by atoms with E-state index in [2.05, 4.69) is 15.6 Å². The van der Waals surface area contributed by atoms with Gasteiger partial charge >= 0.3 is 6.03 Å². The lowest BCUT2D eigenvalue weighted by Crippen LogP contribution is -2.42. The molecule has 0 unspecified atom stereocenters. The number of carbonyl (C=O) groups is 3. The number of aromatic hydroxyl groups is 1. The van der Waals surface area contributed by atoms with E-state index < -0.39 is 29.9 Å². The number of nitrogens with one attached hydrogen (secondary N) is 2. The summed E-state index contributed by atoms with van der Waals surface area (Å²) in [4.78, 5) is 42.5.